The Labute approximate surface area is 105 Å². The van der Waals surface area contributed by atoms with Gasteiger partial charge in [-0.1, -0.05) is 13.8 Å². The topological polar surface area (TPSA) is 29.9 Å². The summed E-state index contributed by atoms with van der Waals surface area (Å²) in [5.41, 5.74) is 1.33. The summed E-state index contributed by atoms with van der Waals surface area (Å²) in [7, 11) is 1.97. The molecule has 3 heteroatoms. The van der Waals surface area contributed by atoms with Crippen LogP contribution in [0.4, 0.5) is 0 Å². The minimum atomic E-state index is 0.734. The molecule has 0 amide bonds. The van der Waals surface area contributed by atoms with Gasteiger partial charge in [0.25, 0.3) is 0 Å². The predicted octanol–water partition coefficient (Wildman–Crippen LogP) is 2.38. The lowest BCUT2D eigenvalue weighted by atomic mass is 9.79. The van der Waals surface area contributed by atoms with E-state index in [2.05, 4.69) is 30.5 Å². The molecule has 96 valence electrons. The number of nitrogens with one attached hydrogen (secondary N) is 1. The van der Waals surface area contributed by atoms with Gasteiger partial charge in [-0.2, -0.15) is 5.10 Å². The highest BCUT2D eigenvalue weighted by Gasteiger charge is 2.23. The lowest BCUT2D eigenvalue weighted by Gasteiger charge is -2.32. The predicted molar refractivity (Wildman–Crippen MR) is 70.9 cm³/mol. The van der Waals surface area contributed by atoms with Crippen LogP contribution in [0.25, 0.3) is 0 Å². The van der Waals surface area contributed by atoms with E-state index in [0.29, 0.717) is 0 Å². The molecule has 0 aliphatic heterocycles. The fourth-order valence-corrected chi connectivity index (χ4v) is 2.75. The third-order valence-electron chi connectivity index (χ3n) is 4.20. The number of nitrogens with zero attached hydrogens (tertiary/aromatic N) is 2. The van der Waals surface area contributed by atoms with Crippen molar-refractivity contribution in [3.05, 3.63) is 18.0 Å². The summed E-state index contributed by atoms with van der Waals surface area (Å²) >= 11 is 0. The number of hydrogen-bond donors (Lipinski definition) is 1. The molecule has 1 heterocycles. The third kappa shape index (κ3) is 3.56. The van der Waals surface area contributed by atoms with Gasteiger partial charge in [0.1, 0.15) is 0 Å². The highest BCUT2D eigenvalue weighted by molar-refractivity contribution is 5.04. The van der Waals surface area contributed by atoms with Gasteiger partial charge in [-0.3, -0.25) is 4.68 Å². The van der Waals surface area contributed by atoms with E-state index in [4.69, 9.17) is 0 Å². The quantitative estimate of drug-likeness (QED) is 0.868. The van der Waals surface area contributed by atoms with E-state index in [9.17, 15) is 0 Å². The second-order valence-electron chi connectivity index (χ2n) is 5.69. The van der Waals surface area contributed by atoms with E-state index in [-0.39, 0.29) is 0 Å². The van der Waals surface area contributed by atoms with Gasteiger partial charge in [0.2, 0.25) is 0 Å². The van der Waals surface area contributed by atoms with E-state index in [1.807, 2.05) is 17.9 Å². The lowest BCUT2D eigenvalue weighted by Crippen LogP contribution is -2.37. The highest BCUT2D eigenvalue weighted by Crippen LogP contribution is 2.29. The maximum atomic E-state index is 4.19. The molecule has 3 atom stereocenters. The van der Waals surface area contributed by atoms with Crippen molar-refractivity contribution in [3.63, 3.8) is 0 Å². The number of hydrogen-bond acceptors (Lipinski definition) is 2. The summed E-state index contributed by atoms with van der Waals surface area (Å²) in [5.74, 6) is 1.78. The van der Waals surface area contributed by atoms with Gasteiger partial charge in [-0.15, -0.1) is 0 Å². The van der Waals surface area contributed by atoms with Crippen LogP contribution in [0.15, 0.2) is 12.4 Å². The molecule has 1 aromatic rings. The first kappa shape index (κ1) is 12.6. The number of aromatic nitrogens is 2. The van der Waals surface area contributed by atoms with Crippen LogP contribution in [0, 0.1) is 11.8 Å². The van der Waals surface area contributed by atoms with Crippen molar-refractivity contribution < 1.29 is 0 Å². The summed E-state index contributed by atoms with van der Waals surface area (Å²) < 4.78 is 1.87. The summed E-state index contributed by atoms with van der Waals surface area (Å²) in [4.78, 5) is 0. The Morgan fingerprint density at radius 2 is 2.18 bits per heavy atom. The Morgan fingerprint density at radius 1 is 1.35 bits per heavy atom. The van der Waals surface area contributed by atoms with Gasteiger partial charge >= 0.3 is 0 Å². The van der Waals surface area contributed by atoms with Crippen LogP contribution >= 0.6 is 0 Å². The van der Waals surface area contributed by atoms with Crippen LogP contribution < -0.4 is 5.32 Å². The zero-order valence-electron chi connectivity index (χ0n) is 11.3. The highest BCUT2D eigenvalue weighted by atomic mass is 15.2. The van der Waals surface area contributed by atoms with Crippen LogP contribution in [0.2, 0.25) is 0 Å². The molecule has 1 aliphatic carbocycles. The number of aryl methyl sites for hydroxylation is 1. The van der Waals surface area contributed by atoms with Gasteiger partial charge in [-0.25, -0.2) is 0 Å². The van der Waals surface area contributed by atoms with Crippen molar-refractivity contribution in [2.75, 3.05) is 6.54 Å². The van der Waals surface area contributed by atoms with E-state index >= 15 is 0 Å². The molecule has 1 N–H and O–H groups in total. The van der Waals surface area contributed by atoms with Crippen LogP contribution in [-0.2, 0) is 13.5 Å². The van der Waals surface area contributed by atoms with Crippen molar-refractivity contribution in [2.24, 2.45) is 18.9 Å². The van der Waals surface area contributed by atoms with Gasteiger partial charge in [0.05, 0.1) is 6.20 Å². The standard InChI is InChI=1S/C14H25N3/c1-11-4-5-14(8-12(11)2)15-7-6-13-9-16-17(3)10-13/h9-12,14-15H,4-8H2,1-3H3. The molecule has 0 radical (unpaired) electrons. The second kappa shape index (κ2) is 5.67. The molecule has 17 heavy (non-hydrogen) atoms. The zero-order chi connectivity index (χ0) is 12.3. The molecule has 0 spiro atoms. The Hall–Kier alpha value is -0.830. The molecular weight excluding hydrogens is 210 g/mol. The van der Waals surface area contributed by atoms with E-state index in [1.54, 1.807) is 0 Å². The normalized spacial score (nSPS) is 29.5. The maximum absolute atomic E-state index is 4.19. The van der Waals surface area contributed by atoms with Crippen molar-refractivity contribution in [2.45, 2.75) is 45.6 Å². The largest absolute Gasteiger partial charge is 0.314 e. The van der Waals surface area contributed by atoms with E-state index < -0.39 is 0 Å². The summed E-state index contributed by atoms with van der Waals surface area (Å²) in [6.45, 7) is 5.85. The molecule has 0 saturated heterocycles. The minimum absolute atomic E-state index is 0.734. The first-order chi connectivity index (χ1) is 8.15. The smallest absolute Gasteiger partial charge is 0.0522 e. The van der Waals surface area contributed by atoms with E-state index in [1.165, 1.54) is 24.8 Å². The molecule has 1 saturated carbocycles. The fraction of sp³-hybridized carbons (Fsp3) is 0.786. The average Bonchev–Trinajstić information content (AvgIpc) is 2.70. The van der Waals surface area contributed by atoms with Crippen LogP contribution in [0.5, 0.6) is 0 Å². The Balaban J connectivity index is 1.69. The third-order valence-corrected chi connectivity index (χ3v) is 4.20. The van der Waals surface area contributed by atoms with Gasteiger partial charge in [0.15, 0.2) is 0 Å². The molecule has 2 rings (SSSR count). The first-order valence-electron chi connectivity index (χ1n) is 6.86. The Morgan fingerprint density at radius 3 is 2.82 bits per heavy atom. The maximum Gasteiger partial charge on any atom is 0.0522 e. The van der Waals surface area contributed by atoms with Crippen molar-refractivity contribution in [3.8, 4) is 0 Å². The number of rotatable bonds is 4. The molecule has 0 aromatic carbocycles. The average molecular weight is 235 g/mol. The molecular formula is C14H25N3. The molecule has 0 bridgehead atoms. The molecule has 3 unspecified atom stereocenters. The van der Waals surface area contributed by atoms with Crippen molar-refractivity contribution in [1.82, 2.24) is 15.1 Å². The summed E-state index contributed by atoms with van der Waals surface area (Å²) in [6.07, 6.45) is 9.23. The van der Waals surface area contributed by atoms with Gasteiger partial charge < -0.3 is 5.32 Å². The Bertz CT molecular complexity index is 345. The van der Waals surface area contributed by atoms with E-state index in [0.717, 1.165) is 30.8 Å². The van der Waals surface area contributed by atoms with Crippen LogP contribution in [0.3, 0.4) is 0 Å². The molecule has 1 aromatic heterocycles. The van der Waals surface area contributed by atoms with Crippen LogP contribution in [0.1, 0.15) is 38.7 Å². The molecule has 1 aliphatic rings. The minimum Gasteiger partial charge on any atom is -0.314 e. The lowest BCUT2D eigenvalue weighted by molar-refractivity contribution is 0.227. The summed E-state index contributed by atoms with van der Waals surface area (Å²) in [5, 5.41) is 7.89. The monoisotopic (exact) mass is 235 g/mol. The van der Waals surface area contributed by atoms with Crippen LogP contribution in [-0.4, -0.2) is 22.4 Å². The van der Waals surface area contributed by atoms with Crippen molar-refractivity contribution >= 4 is 0 Å². The second-order valence-corrected chi connectivity index (χ2v) is 5.69. The molecule has 3 nitrogen and oxygen atoms in total. The molecule has 1 fully saturated rings. The Kier molecular flexibility index (Phi) is 4.21. The van der Waals surface area contributed by atoms with Gasteiger partial charge in [0, 0.05) is 19.3 Å². The van der Waals surface area contributed by atoms with Gasteiger partial charge in [-0.05, 0) is 49.6 Å². The first-order valence-corrected chi connectivity index (χ1v) is 6.86. The summed E-state index contributed by atoms with van der Waals surface area (Å²) in [6, 6.07) is 0.734. The zero-order valence-corrected chi connectivity index (χ0v) is 11.3. The van der Waals surface area contributed by atoms with Crippen molar-refractivity contribution in [1.29, 1.82) is 0 Å². The SMILES string of the molecule is CC1CCC(NCCc2cnn(C)c2)CC1C. The fourth-order valence-electron chi connectivity index (χ4n) is 2.75.